The van der Waals surface area contributed by atoms with Gasteiger partial charge in [0.05, 0.1) is 6.61 Å². The van der Waals surface area contributed by atoms with Crippen molar-refractivity contribution in [1.82, 2.24) is 0 Å². The first-order valence-corrected chi connectivity index (χ1v) is 3.61. The fourth-order valence-corrected chi connectivity index (χ4v) is 0.981. The van der Waals surface area contributed by atoms with Gasteiger partial charge in [0.1, 0.15) is 0 Å². The number of benzene rings is 1. The highest BCUT2D eigenvalue weighted by Gasteiger charge is 1.99. The van der Waals surface area contributed by atoms with Crippen molar-refractivity contribution in [2.45, 2.75) is 6.61 Å². The summed E-state index contributed by atoms with van der Waals surface area (Å²) in [6.07, 6.45) is 0. The van der Waals surface area contributed by atoms with Crippen molar-refractivity contribution in [1.29, 1.82) is 0 Å². The fourth-order valence-electron chi connectivity index (χ4n) is 0.981. The molecule has 2 N–H and O–H groups in total. The Labute approximate surface area is 71.1 Å². The third kappa shape index (κ3) is 2.07. The van der Waals surface area contributed by atoms with Gasteiger partial charge in [-0.15, -0.1) is 0 Å². The Hall–Kier alpha value is -1.35. The Morgan fingerprint density at radius 2 is 2.33 bits per heavy atom. The molecule has 1 rings (SSSR count). The van der Waals surface area contributed by atoms with Gasteiger partial charge in [0, 0.05) is 12.7 Å². The van der Waals surface area contributed by atoms with Gasteiger partial charge in [0.2, 0.25) is 5.91 Å². The van der Waals surface area contributed by atoms with Crippen molar-refractivity contribution >= 4 is 5.91 Å². The minimum absolute atomic E-state index is 0.409. The zero-order valence-corrected chi connectivity index (χ0v) is 6.91. The molecule has 0 spiro atoms. The number of hydrogen-bond donors (Lipinski definition) is 1. The van der Waals surface area contributed by atoms with Crippen LogP contribution in [-0.2, 0) is 11.3 Å². The standard InChI is InChI=1S/C9H11NO2/c1-12-6-7-3-2-4-8(5-7)9(10)11/h2-5H,6H2,1H3,(H2,10,11). The molecule has 0 aromatic heterocycles. The second-order valence-corrected chi connectivity index (χ2v) is 2.50. The molecule has 1 amide bonds. The lowest BCUT2D eigenvalue weighted by Gasteiger charge is -2.00. The second-order valence-electron chi connectivity index (χ2n) is 2.50. The summed E-state index contributed by atoms with van der Waals surface area (Å²) in [5.74, 6) is -0.409. The summed E-state index contributed by atoms with van der Waals surface area (Å²) in [6, 6.07) is 7.08. The summed E-state index contributed by atoms with van der Waals surface area (Å²) in [7, 11) is 1.61. The molecule has 0 unspecified atom stereocenters. The lowest BCUT2D eigenvalue weighted by atomic mass is 10.1. The molecule has 0 radical (unpaired) electrons. The van der Waals surface area contributed by atoms with Crippen LogP contribution in [0.2, 0.25) is 0 Å². The molecular formula is C9H11NO2. The monoisotopic (exact) mass is 165 g/mol. The number of methoxy groups -OCH3 is 1. The minimum Gasteiger partial charge on any atom is -0.380 e. The normalized spacial score (nSPS) is 9.75. The van der Waals surface area contributed by atoms with Crippen molar-refractivity contribution in [3.8, 4) is 0 Å². The van der Waals surface area contributed by atoms with Gasteiger partial charge < -0.3 is 10.5 Å². The molecule has 0 aliphatic heterocycles. The smallest absolute Gasteiger partial charge is 0.248 e. The van der Waals surface area contributed by atoms with E-state index in [0.717, 1.165) is 5.56 Å². The van der Waals surface area contributed by atoms with Gasteiger partial charge >= 0.3 is 0 Å². The highest BCUT2D eigenvalue weighted by Crippen LogP contribution is 2.05. The van der Waals surface area contributed by atoms with E-state index in [-0.39, 0.29) is 0 Å². The van der Waals surface area contributed by atoms with Crippen LogP contribution in [0.1, 0.15) is 15.9 Å². The van der Waals surface area contributed by atoms with Gasteiger partial charge in [-0.3, -0.25) is 4.79 Å². The molecule has 3 heteroatoms. The predicted octanol–water partition coefficient (Wildman–Crippen LogP) is 0.932. The van der Waals surface area contributed by atoms with Crippen molar-refractivity contribution in [3.63, 3.8) is 0 Å². The lowest BCUT2D eigenvalue weighted by molar-refractivity contribution is 0.1000. The molecule has 0 heterocycles. The summed E-state index contributed by atoms with van der Waals surface area (Å²) in [6.45, 7) is 0.501. The first-order valence-electron chi connectivity index (χ1n) is 3.61. The molecule has 1 aromatic carbocycles. The van der Waals surface area contributed by atoms with Gasteiger partial charge in [0.25, 0.3) is 0 Å². The number of rotatable bonds is 3. The summed E-state index contributed by atoms with van der Waals surface area (Å²) in [4.78, 5) is 10.7. The highest BCUT2D eigenvalue weighted by atomic mass is 16.5. The average Bonchev–Trinajstić information content (AvgIpc) is 2.05. The van der Waals surface area contributed by atoms with Crippen LogP contribution < -0.4 is 5.73 Å². The Bertz CT molecular complexity index is 284. The van der Waals surface area contributed by atoms with Crippen LogP contribution in [0.15, 0.2) is 24.3 Å². The number of ether oxygens (including phenoxy) is 1. The van der Waals surface area contributed by atoms with Gasteiger partial charge in [-0.25, -0.2) is 0 Å². The summed E-state index contributed by atoms with van der Waals surface area (Å²) in [5, 5.41) is 0. The number of amides is 1. The SMILES string of the molecule is COCc1cccc(C(N)=O)c1. The van der Waals surface area contributed by atoms with Crippen LogP contribution in [0.3, 0.4) is 0 Å². The zero-order chi connectivity index (χ0) is 8.97. The summed E-state index contributed by atoms with van der Waals surface area (Å²) < 4.78 is 4.91. The topological polar surface area (TPSA) is 52.3 Å². The number of hydrogen-bond acceptors (Lipinski definition) is 2. The number of primary amides is 1. The first-order chi connectivity index (χ1) is 5.74. The van der Waals surface area contributed by atoms with E-state index in [9.17, 15) is 4.79 Å². The van der Waals surface area contributed by atoms with E-state index in [1.807, 2.05) is 6.07 Å². The fraction of sp³-hybridized carbons (Fsp3) is 0.222. The molecule has 0 fully saturated rings. The molecular weight excluding hydrogens is 154 g/mol. The van der Waals surface area contributed by atoms with E-state index >= 15 is 0 Å². The predicted molar refractivity (Wildman–Crippen MR) is 45.7 cm³/mol. The quantitative estimate of drug-likeness (QED) is 0.724. The summed E-state index contributed by atoms with van der Waals surface area (Å²) >= 11 is 0. The Morgan fingerprint density at radius 3 is 2.92 bits per heavy atom. The molecule has 0 saturated carbocycles. The Morgan fingerprint density at radius 1 is 1.58 bits per heavy atom. The Balaban J connectivity index is 2.88. The molecule has 0 aliphatic rings. The van der Waals surface area contributed by atoms with Crippen molar-refractivity contribution < 1.29 is 9.53 Å². The molecule has 0 saturated heterocycles. The van der Waals surface area contributed by atoms with E-state index in [0.29, 0.717) is 12.2 Å². The van der Waals surface area contributed by atoms with Crippen LogP contribution in [0.25, 0.3) is 0 Å². The van der Waals surface area contributed by atoms with E-state index in [1.165, 1.54) is 0 Å². The van der Waals surface area contributed by atoms with Crippen LogP contribution in [0.4, 0.5) is 0 Å². The van der Waals surface area contributed by atoms with Crippen molar-refractivity contribution in [2.24, 2.45) is 5.73 Å². The third-order valence-corrected chi connectivity index (χ3v) is 1.52. The second kappa shape index (κ2) is 3.88. The molecule has 0 aliphatic carbocycles. The van der Waals surface area contributed by atoms with Gasteiger partial charge in [-0.1, -0.05) is 12.1 Å². The minimum atomic E-state index is -0.409. The maximum Gasteiger partial charge on any atom is 0.248 e. The van der Waals surface area contributed by atoms with Crippen molar-refractivity contribution in [3.05, 3.63) is 35.4 Å². The van der Waals surface area contributed by atoms with Gasteiger partial charge in [0.15, 0.2) is 0 Å². The molecule has 0 atom stereocenters. The van der Waals surface area contributed by atoms with E-state index < -0.39 is 5.91 Å². The Kier molecular flexibility index (Phi) is 2.82. The summed E-state index contributed by atoms with van der Waals surface area (Å²) in [5.41, 5.74) is 6.57. The first kappa shape index (κ1) is 8.74. The molecule has 64 valence electrons. The molecule has 12 heavy (non-hydrogen) atoms. The molecule has 1 aromatic rings. The van der Waals surface area contributed by atoms with Crippen molar-refractivity contribution in [2.75, 3.05) is 7.11 Å². The highest BCUT2D eigenvalue weighted by molar-refractivity contribution is 5.92. The van der Waals surface area contributed by atoms with Gasteiger partial charge in [-0.05, 0) is 17.7 Å². The van der Waals surface area contributed by atoms with Gasteiger partial charge in [-0.2, -0.15) is 0 Å². The third-order valence-electron chi connectivity index (χ3n) is 1.52. The van der Waals surface area contributed by atoms with E-state index in [2.05, 4.69) is 0 Å². The zero-order valence-electron chi connectivity index (χ0n) is 6.91. The van der Waals surface area contributed by atoms with Crippen LogP contribution >= 0.6 is 0 Å². The maximum absolute atomic E-state index is 10.7. The molecule has 0 bridgehead atoms. The number of carbonyl (C=O) groups is 1. The van der Waals surface area contributed by atoms with E-state index in [4.69, 9.17) is 10.5 Å². The average molecular weight is 165 g/mol. The lowest BCUT2D eigenvalue weighted by Crippen LogP contribution is -2.11. The number of carbonyl (C=O) groups excluding carboxylic acids is 1. The maximum atomic E-state index is 10.7. The van der Waals surface area contributed by atoms with Crippen LogP contribution in [0.5, 0.6) is 0 Å². The van der Waals surface area contributed by atoms with Crippen LogP contribution in [-0.4, -0.2) is 13.0 Å². The molecule has 3 nitrogen and oxygen atoms in total. The van der Waals surface area contributed by atoms with E-state index in [1.54, 1.807) is 25.3 Å². The van der Waals surface area contributed by atoms with Crippen LogP contribution in [0, 0.1) is 0 Å². The number of nitrogens with two attached hydrogens (primary N) is 1. The largest absolute Gasteiger partial charge is 0.380 e.